The Morgan fingerprint density at radius 1 is 1.41 bits per heavy atom. The molecule has 0 aliphatic carbocycles. The second kappa shape index (κ2) is 7.56. The highest BCUT2D eigenvalue weighted by Gasteiger charge is 2.20. The predicted molar refractivity (Wildman–Crippen MR) is 82.4 cm³/mol. The van der Waals surface area contributed by atoms with E-state index in [-0.39, 0.29) is 18.3 Å². The first-order valence-electron chi connectivity index (χ1n) is 7.57. The Balaban J connectivity index is 2.01. The van der Waals surface area contributed by atoms with Crippen molar-refractivity contribution < 1.29 is 19.4 Å². The standard InChI is InChI=1S/C16H23FN2O3/c1-18(7-6-16(21)22)11-12-2-3-14(17)15(10-12)19-8-4-13(20)5-9-19/h2-3,10,13,20H,4-9,11H2,1H3,(H,21,22). The van der Waals surface area contributed by atoms with Crippen molar-refractivity contribution >= 4 is 11.7 Å². The van der Waals surface area contributed by atoms with Crippen LogP contribution in [0.5, 0.6) is 0 Å². The van der Waals surface area contributed by atoms with Gasteiger partial charge in [-0.3, -0.25) is 4.79 Å². The minimum absolute atomic E-state index is 0.0918. The molecule has 22 heavy (non-hydrogen) atoms. The van der Waals surface area contributed by atoms with Crippen LogP contribution < -0.4 is 4.90 Å². The Hall–Kier alpha value is -1.66. The second-order valence-corrected chi connectivity index (χ2v) is 5.89. The van der Waals surface area contributed by atoms with E-state index in [2.05, 4.69) is 0 Å². The number of halogens is 1. The van der Waals surface area contributed by atoms with Gasteiger partial charge in [-0.1, -0.05) is 6.07 Å². The lowest BCUT2D eigenvalue weighted by Crippen LogP contribution is -2.36. The van der Waals surface area contributed by atoms with Gasteiger partial charge in [-0.2, -0.15) is 0 Å². The van der Waals surface area contributed by atoms with Crippen LogP contribution in [0.25, 0.3) is 0 Å². The molecule has 1 fully saturated rings. The number of carbonyl (C=O) groups is 1. The minimum atomic E-state index is -0.821. The lowest BCUT2D eigenvalue weighted by Gasteiger charge is -2.32. The van der Waals surface area contributed by atoms with E-state index in [0.29, 0.717) is 44.7 Å². The first-order chi connectivity index (χ1) is 10.5. The van der Waals surface area contributed by atoms with Crippen LogP contribution in [-0.2, 0) is 11.3 Å². The monoisotopic (exact) mass is 310 g/mol. The van der Waals surface area contributed by atoms with Gasteiger partial charge >= 0.3 is 5.97 Å². The van der Waals surface area contributed by atoms with Gasteiger partial charge in [-0.25, -0.2) is 4.39 Å². The summed E-state index contributed by atoms with van der Waals surface area (Å²) in [5.74, 6) is -1.08. The van der Waals surface area contributed by atoms with Crippen molar-refractivity contribution in [2.24, 2.45) is 0 Å². The first kappa shape index (κ1) is 16.7. The Labute approximate surface area is 130 Å². The molecule has 1 saturated heterocycles. The van der Waals surface area contributed by atoms with Crippen molar-refractivity contribution in [1.29, 1.82) is 0 Å². The number of carboxylic acids is 1. The van der Waals surface area contributed by atoms with E-state index in [0.717, 1.165) is 5.56 Å². The largest absolute Gasteiger partial charge is 0.481 e. The molecule has 2 rings (SSSR count). The van der Waals surface area contributed by atoms with Gasteiger partial charge in [0.15, 0.2) is 0 Å². The fraction of sp³-hybridized carbons (Fsp3) is 0.562. The van der Waals surface area contributed by atoms with E-state index in [1.807, 2.05) is 22.9 Å². The third-order valence-corrected chi connectivity index (χ3v) is 3.98. The van der Waals surface area contributed by atoms with E-state index in [1.165, 1.54) is 6.07 Å². The molecule has 0 spiro atoms. The molecular formula is C16H23FN2O3. The normalized spacial score (nSPS) is 16.3. The number of aliphatic carboxylic acids is 1. The van der Waals surface area contributed by atoms with Crippen LogP contribution in [0.15, 0.2) is 18.2 Å². The topological polar surface area (TPSA) is 64.0 Å². The molecule has 5 nitrogen and oxygen atoms in total. The summed E-state index contributed by atoms with van der Waals surface area (Å²) >= 11 is 0. The van der Waals surface area contributed by atoms with E-state index in [4.69, 9.17) is 5.11 Å². The summed E-state index contributed by atoms with van der Waals surface area (Å²) in [7, 11) is 1.85. The van der Waals surface area contributed by atoms with Crippen molar-refractivity contribution in [2.45, 2.75) is 31.9 Å². The molecule has 0 atom stereocenters. The molecule has 0 saturated carbocycles. The van der Waals surface area contributed by atoms with E-state index in [9.17, 15) is 14.3 Å². The molecule has 6 heteroatoms. The highest BCUT2D eigenvalue weighted by atomic mass is 19.1. The van der Waals surface area contributed by atoms with Gasteiger partial charge in [0.25, 0.3) is 0 Å². The van der Waals surface area contributed by atoms with E-state index < -0.39 is 5.97 Å². The Morgan fingerprint density at radius 3 is 2.73 bits per heavy atom. The molecule has 1 aliphatic rings. The van der Waals surface area contributed by atoms with Gasteiger partial charge in [-0.05, 0) is 37.6 Å². The molecule has 1 aromatic carbocycles. The molecule has 0 bridgehead atoms. The number of hydrogen-bond acceptors (Lipinski definition) is 4. The molecule has 0 aromatic heterocycles. The summed E-state index contributed by atoms with van der Waals surface area (Å²) in [5, 5.41) is 18.2. The summed E-state index contributed by atoms with van der Waals surface area (Å²) in [5.41, 5.74) is 1.52. The molecule has 2 N–H and O–H groups in total. The third kappa shape index (κ3) is 4.68. The molecule has 1 aliphatic heterocycles. The second-order valence-electron chi connectivity index (χ2n) is 5.89. The van der Waals surface area contributed by atoms with Gasteiger partial charge in [-0.15, -0.1) is 0 Å². The zero-order valence-corrected chi connectivity index (χ0v) is 12.8. The maximum absolute atomic E-state index is 14.0. The van der Waals surface area contributed by atoms with Gasteiger partial charge in [0.2, 0.25) is 0 Å². The number of piperidine rings is 1. The molecule has 0 unspecified atom stereocenters. The predicted octanol–water partition coefficient (Wildman–Crippen LogP) is 1.69. The van der Waals surface area contributed by atoms with Crippen LogP contribution >= 0.6 is 0 Å². The average Bonchev–Trinajstić information content (AvgIpc) is 2.48. The summed E-state index contributed by atoms with van der Waals surface area (Å²) in [6, 6.07) is 5.01. The Bertz CT molecular complexity index is 516. The van der Waals surface area contributed by atoms with Crippen molar-refractivity contribution in [1.82, 2.24) is 4.90 Å². The number of anilines is 1. The molecule has 1 aromatic rings. The van der Waals surface area contributed by atoms with E-state index in [1.54, 1.807) is 6.07 Å². The van der Waals surface area contributed by atoms with Crippen LogP contribution in [-0.4, -0.2) is 53.9 Å². The number of benzene rings is 1. The van der Waals surface area contributed by atoms with Crippen molar-refractivity contribution in [3.8, 4) is 0 Å². The summed E-state index contributed by atoms with van der Waals surface area (Å²) in [6.45, 7) is 2.34. The lowest BCUT2D eigenvalue weighted by atomic mass is 10.1. The highest BCUT2D eigenvalue weighted by Crippen LogP contribution is 2.25. The minimum Gasteiger partial charge on any atom is -0.481 e. The zero-order chi connectivity index (χ0) is 16.1. The van der Waals surface area contributed by atoms with Crippen LogP contribution in [0.1, 0.15) is 24.8 Å². The van der Waals surface area contributed by atoms with Gasteiger partial charge in [0, 0.05) is 26.2 Å². The number of nitrogens with zero attached hydrogens (tertiary/aromatic N) is 2. The first-order valence-corrected chi connectivity index (χ1v) is 7.57. The van der Waals surface area contributed by atoms with Gasteiger partial charge in [0.1, 0.15) is 5.82 Å². The molecular weight excluding hydrogens is 287 g/mol. The molecule has 0 amide bonds. The number of aliphatic hydroxyl groups is 1. The molecule has 1 heterocycles. The summed E-state index contributed by atoms with van der Waals surface area (Å²) < 4.78 is 14.0. The summed E-state index contributed by atoms with van der Waals surface area (Å²) in [6.07, 6.45) is 1.11. The average molecular weight is 310 g/mol. The fourth-order valence-electron chi connectivity index (χ4n) is 2.68. The van der Waals surface area contributed by atoms with E-state index >= 15 is 0 Å². The molecule has 0 radical (unpaired) electrons. The quantitative estimate of drug-likeness (QED) is 0.837. The van der Waals surface area contributed by atoms with Crippen LogP contribution in [0, 0.1) is 5.82 Å². The maximum Gasteiger partial charge on any atom is 0.304 e. The lowest BCUT2D eigenvalue weighted by molar-refractivity contribution is -0.137. The van der Waals surface area contributed by atoms with Crippen LogP contribution in [0.4, 0.5) is 10.1 Å². The maximum atomic E-state index is 14.0. The van der Waals surface area contributed by atoms with Gasteiger partial charge in [0.05, 0.1) is 18.2 Å². The fourth-order valence-corrected chi connectivity index (χ4v) is 2.68. The summed E-state index contributed by atoms with van der Waals surface area (Å²) in [4.78, 5) is 14.5. The van der Waals surface area contributed by atoms with Crippen LogP contribution in [0.3, 0.4) is 0 Å². The number of carboxylic acid groups (broad SMARTS) is 1. The zero-order valence-electron chi connectivity index (χ0n) is 12.8. The van der Waals surface area contributed by atoms with Crippen molar-refractivity contribution in [2.75, 3.05) is 31.6 Å². The Morgan fingerprint density at radius 2 is 2.09 bits per heavy atom. The van der Waals surface area contributed by atoms with Crippen molar-refractivity contribution in [3.05, 3.63) is 29.6 Å². The third-order valence-electron chi connectivity index (χ3n) is 3.98. The van der Waals surface area contributed by atoms with Crippen LogP contribution in [0.2, 0.25) is 0 Å². The highest BCUT2D eigenvalue weighted by molar-refractivity contribution is 5.66. The number of aliphatic hydroxyl groups excluding tert-OH is 1. The Kier molecular flexibility index (Phi) is 5.74. The number of rotatable bonds is 6. The van der Waals surface area contributed by atoms with Gasteiger partial charge < -0.3 is 20.0 Å². The van der Waals surface area contributed by atoms with Crippen molar-refractivity contribution in [3.63, 3.8) is 0 Å². The molecule has 122 valence electrons. The SMILES string of the molecule is CN(CCC(=O)O)Cc1ccc(F)c(N2CCC(O)CC2)c1. The number of hydrogen-bond donors (Lipinski definition) is 2. The smallest absolute Gasteiger partial charge is 0.304 e.